The van der Waals surface area contributed by atoms with Crippen LogP contribution in [0.1, 0.15) is 16.1 Å². The molecule has 4 aromatic rings. The highest BCUT2D eigenvalue weighted by Crippen LogP contribution is 2.25. The van der Waals surface area contributed by atoms with Gasteiger partial charge < -0.3 is 10.6 Å². The van der Waals surface area contributed by atoms with Crippen LogP contribution in [-0.4, -0.2) is 15.5 Å². The summed E-state index contributed by atoms with van der Waals surface area (Å²) in [4.78, 5) is 30.9. The van der Waals surface area contributed by atoms with Crippen molar-refractivity contribution >= 4 is 40.0 Å². The van der Waals surface area contributed by atoms with E-state index in [0.29, 0.717) is 38.8 Å². The molecule has 0 atom stereocenters. The lowest BCUT2D eigenvalue weighted by Crippen LogP contribution is -2.19. The monoisotopic (exact) mass is 482 g/mol. The predicted molar refractivity (Wildman–Crippen MR) is 144 cm³/mol. The fourth-order valence-electron chi connectivity index (χ4n) is 3.71. The second kappa shape index (κ2) is 10.2. The summed E-state index contributed by atoms with van der Waals surface area (Å²) in [6.07, 6.45) is 4.99. The number of carbonyl (C=O) groups is 1. The van der Waals surface area contributed by atoms with E-state index in [-0.39, 0.29) is 11.1 Å². The molecule has 0 saturated carbocycles. The molecule has 0 unspecified atom stereocenters. The number of fused-ring (bicyclic) bond motifs is 1. The van der Waals surface area contributed by atoms with Crippen molar-refractivity contribution in [3.05, 3.63) is 130 Å². The van der Waals surface area contributed by atoms with Crippen molar-refractivity contribution in [1.29, 1.82) is 0 Å². The summed E-state index contributed by atoms with van der Waals surface area (Å²) in [5.41, 5.74) is 2.96. The van der Waals surface area contributed by atoms with Crippen LogP contribution in [0.15, 0.2) is 109 Å². The van der Waals surface area contributed by atoms with Gasteiger partial charge in [-0.3, -0.25) is 14.2 Å². The van der Waals surface area contributed by atoms with Crippen LogP contribution in [0.4, 0.5) is 11.5 Å². The number of aromatic nitrogens is 2. The van der Waals surface area contributed by atoms with E-state index in [0.717, 1.165) is 5.69 Å². The molecule has 0 bridgehead atoms. The Morgan fingerprint density at radius 2 is 1.74 bits per heavy atom. The first-order valence-electron chi connectivity index (χ1n) is 10.8. The number of hydrogen-bond donors (Lipinski definition) is 2. The van der Waals surface area contributed by atoms with Gasteiger partial charge in [0.1, 0.15) is 11.5 Å². The molecule has 0 aliphatic carbocycles. The third-order valence-corrected chi connectivity index (χ3v) is 5.56. The van der Waals surface area contributed by atoms with Crippen LogP contribution in [0.3, 0.4) is 0 Å². The molecule has 0 aliphatic rings. The molecule has 2 heterocycles. The Kier molecular flexibility index (Phi) is 6.94. The highest BCUT2D eigenvalue weighted by molar-refractivity contribution is 6.30. The van der Waals surface area contributed by atoms with Gasteiger partial charge in [-0.15, -0.1) is 0 Å². The van der Waals surface area contributed by atoms with Gasteiger partial charge in [-0.25, -0.2) is 4.98 Å². The zero-order chi connectivity index (χ0) is 24.9. The van der Waals surface area contributed by atoms with Gasteiger partial charge in [0.25, 0.3) is 5.91 Å². The maximum atomic E-state index is 13.2. The molecular weight excluding hydrogens is 460 g/mol. The largest absolute Gasteiger partial charge is 0.341 e. The maximum absolute atomic E-state index is 13.2. The molecule has 6 nitrogen and oxygen atoms in total. The summed E-state index contributed by atoms with van der Waals surface area (Å²) >= 11 is 5.94. The van der Waals surface area contributed by atoms with E-state index in [1.54, 1.807) is 55.5 Å². The Balaban J connectivity index is 1.93. The van der Waals surface area contributed by atoms with Gasteiger partial charge >= 0.3 is 0 Å². The molecular formula is C28H23ClN4O2. The van der Waals surface area contributed by atoms with Crippen molar-refractivity contribution in [2.45, 2.75) is 6.92 Å². The Morgan fingerprint density at radius 1 is 1.03 bits per heavy atom. The summed E-state index contributed by atoms with van der Waals surface area (Å²) in [7, 11) is 0. The number of anilines is 2. The van der Waals surface area contributed by atoms with Gasteiger partial charge in [0.15, 0.2) is 11.1 Å². The minimum Gasteiger partial charge on any atom is -0.341 e. The minimum atomic E-state index is -0.402. The second-order valence-corrected chi connectivity index (χ2v) is 8.17. The van der Waals surface area contributed by atoms with Gasteiger partial charge in [0, 0.05) is 28.2 Å². The molecule has 0 aliphatic heterocycles. The number of amides is 1. The lowest BCUT2D eigenvalue weighted by atomic mass is 10.1. The van der Waals surface area contributed by atoms with Crippen molar-refractivity contribution in [1.82, 2.24) is 9.55 Å². The molecule has 4 rings (SSSR count). The summed E-state index contributed by atoms with van der Waals surface area (Å²) < 4.78 is 1.81. The molecule has 2 aromatic carbocycles. The van der Waals surface area contributed by atoms with E-state index < -0.39 is 5.91 Å². The first-order chi connectivity index (χ1) is 16.9. The van der Waals surface area contributed by atoms with E-state index in [4.69, 9.17) is 11.6 Å². The van der Waals surface area contributed by atoms with Crippen molar-refractivity contribution in [3.63, 3.8) is 0 Å². The molecule has 7 heteroatoms. The van der Waals surface area contributed by atoms with Gasteiger partial charge in [-0.1, -0.05) is 49.0 Å². The van der Waals surface area contributed by atoms with Gasteiger partial charge in [0.2, 0.25) is 0 Å². The molecule has 35 heavy (non-hydrogen) atoms. The normalized spacial score (nSPS) is 11.2. The molecule has 0 saturated heterocycles. The number of allylic oxidation sites excluding steroid dienone is 3. The lowest BCUT2D eigenvalue weighted by molar-refractivity contribution is 0.102. The summed E-state index contributed by atoms with van der Waals surface area (Å²) in [6, 6.07) is 19.4. The Morgan fingerprint density at radius 3 is 2.40 bits per heavy atom. The van der Waals surface area contributed by atoms with Crippen LogP contribution >= 0.6 is 11.6 Å². The highest BCUT2D eigenvalue weighted by Gasteiger charge is 2.18. The highest BCUT2D eigenvalue weighted by atomic mass is 35.5. The smallest absolute Gasteiger partial charge is 0.274 e. The zero-order valence-electron chi connectivity index (χ0n) is 19.1. The van der Waals surface area contributed by atoms with Crippen molar-refractivity contribution in [2.75, 3.05) is 10.6 Å². The first kappa shape index (κ1) is 23.7. The standard InChI is InChI=1S/C28H23ClN4O2/c1-4-9-20(5-2)30-25-17-24(34)26-18(3)16-23(28(35)31-21-14-12-19(29)13-15-21)32-27(26)33(25)22-10-7-6-8-11-22/h4-17,30H,1-2H2,3H3,(H,31,35)/b20-9+. The fourth-order valence-corrected chi connectivity index (χ4v) is 3.83. The van der Waals surface area contributed by atoms with E-state index in [9.17, 15) is 9.59 Å². The van der Waals surface area contributed by atoms with Crippen molar-refractivity contribution in [2.24, 2.45) is 0 Å². The quantitative estimate of drug-likeness (QED) is 0.304. The van der Waals surface area contributed by atoms with Crippen LogP contribution in [0.5, 0.6) is 0 Å². The average molecular weight is 483 g/mol. The number of nitrogens with one attached hydrogen (secondary N) is 2. The minimum absolute atomic E-state index is 0.178. The topological polar surface area (TPSA) is 76.0 Å². The number of benzene rings is 2. The Labute approximate surface area is 207 Å². The van der Waals surface area contributed by atoms with Crippen molar-refractivity contribution in [3.8, 4) is 5.69 Å². The second-order valence-electron chi connectivity index (χ2n) is 7.74. The number of para-hydroxylation sites is 1. The first-order valence-corrected chi connectivity index (χ1v) is 11.2. The number of nitrogens with zero attached hydrogens (tertiary/aromatic N) is 2. The van der Waals surface area contributed by atoms with Crippen LogP contribution in [0.25, 0.3) is 16.7 Å². The van der Waals surface area contributed by atoms with Crippen LogP contribution < -0.4 is 16.1 Å². The molecule has 1 amide bonds. The number of carbonyl (C=O) groups excluding carboxylic acids is 1. The van der Waals surface area contributed by atoms with E-state index >= 15 is 0 Å². The molecule has 0 spiro atoms. The molecule has 0 fully saturated rings. The Bertz CT molecular complexity index is 1520. The van der Waals surface area contributed by atoms with Gasteiger partial charge in [0.05, 0.1) is 5.39 Å². The number of rotatable bonds is 7. The third-order valence-electron chi connectivity index (χ3n) is 5.30. The van der Waals surface area contributed by atoms with Gasteiger partial charge in [-0.05, 0) is 67.1 Å². The predicted octanol–water partition coefficient (Wildman–Crippen LogP) is 6.27. The van der Waals surface area contributed by atoms with Crippen LogP contribution in [-0.2, 0) is 0 Å². The molecule has 2 aromatic heterocycles. The average Bonchev–Trinajstić information content (AvgIpc) is 2.85. The number of hydrogen-bond acceptors (Lipinski definition) is 4. The van der Waals surface area contributed by atoms with E-state index in [1.807, 2.05) is 34.9 Å². The zero-order valence-corrected chi connectivity index (χ0v) is 19.8. The van der Waals surface area contributed by atoms with E-state index in [2.05, 4.69) is 28.8 Å². The molecule has 0 radical (unpaired) electrons. The number of pyridine rings is 2. The van der Waals surface area contributed by atoms with Crippen molar-refractivity contribution < 1.29 is 4.79 Å². The summed E-state index contributed by atoms with van der Waals surface area (Å²) in [6.45, 7) is 9.33. The SMILES string of the molecule is C=C/C=C(\C=C)Nc1cc(=O)c2c(C)cc(C(=O)Nc3ccc(Cl)cc3)nc2n1-c1ccccc1. The van der Waals surface area contributed by atoms with Crippen LogP contribution in [0, 0.1) is 6.92 Å². The summed E-state index contributed by atoms with van der Waals surface area (Å²) in [5, 5.41) is 7.05. The van der Waals surface area contributed by atoms with Gasteiger partial charge in [-0.2, -0.15) is 0 Å². The molecule has 2 N–H and O–H groups in total. The summed E-state index contributed by atoms with van der Waals surface area (Å²) in [5.74, 6) is 0.0740. The fraction of sp³-hybridized carbons (Fsp3) is 0.0357. The Hall–Kier alpha value is -4.42. The lowest BCUT2D eigenvalue weighted by Gasteiger charge is -2.19. The molecule has 174 valence electrons. The van der Waals surface area contributed by atoms with Crippen LogP contribution in [0.2, 0.25) is 5.02 Å². The number of halogens is 1. The maximum Gasteiger partial charge on any atom is 0.274 e. The van der Waals surface area contributed by atoms with E-state index in [1.165, 1.54) is 6.07 Å². The third kappa shape index (κ3) is 5.08. The number of aryl methyl sites for hydroxylation is 1.